The summed E-state index contributed by atoms with van der Waals surface area (Å²) in [5, 5.41) is 0. The minimum atomic E-state index is -0.793. The van der Waals surface area contributed by atoms with Crippen LogP contribution >= 0.6 is 0 Å². The Morgan fingerprint density at radius 1 is 1.11 bits per heavy atom. The van der Waals surface area contributed by atoms with Crippen molar-refractivity contribution in [2.45, 2.75) is 77.9 Å². The molecule has 105 valence electrons. The first-order chi connectivity index (χ1) is 8.65. The fourth-order valence-electron chi connectivity index (χ4n) is 1.69. The highest BCUT2D eigenvalue weighted by Crippen LogP contribution is 2.11. The van der Waals surface area contributed by atoms with E-state index in [1.807, 2.05) is 6.92 Å². The van der Waals surface area contributed by atoms with Gasteiger partial charge in [0.1, 0.15) is 0 Å². The molecule has 0 saturated carbocycles. The zero-order chi connectivity index (χ0) is 13.8. The SMILES string of the molecule is CCCCCC(O[C]=O)C(=O)OC(C)CCCC. The maximum Gasteiger partial charge on any atom is 0.418 e. The number of rotatable bonds is 11. The molecule has 0 amide bonds. The van der Waals surface area contributed by atoms with Gasteiger partial charge in [0.2, 0.25) is 0 Å². The van der Waals surface area contributed by atoms with Gasteiger partial charge in [-0.15, -0.1) is 0 Å². The van der Waals surface area contributed by atoms with Crippen molar-refractivity contribution in [3.8, 4) is 0 Å². The third-order valence-corrected chi connectivity index (χ3v) is 2.80. The van der Waals surface area contributed by atoms with Crippen LogP contribution in [0, 0.1) is 0 Å². The Hall–Kier alpha value is -1.06. The molecule has 1 radical (unpaired) electrons. The quantitative estimate of drug-likeness (QED) is 0.421. The summed E-state index contributed by atoms with van der Waals surface area (Å²) in [5.41, 5.74) is 0. The molecule has 0 rings (SSSR count). The Morgan fingerprint density at radius 2 is 1.78 bits per heavy atom. The number of unbranched alkanes of at least 4 members (excludes halogenated alkanes) is 3. The third-order valence-electron chi connectivity index (χ3n) is 2.80. The van der Waals surface area contributed by atoms with Gasteiger partial charge >= 0.3 is 12.4 Å². The first kappa shape index (κ1) is 16.9. The van der Waals surface area contributed by atoms with E-state index < -0.39 is 12.1 Å². The summed E-state index contributed by atoms with van der Waals surface area (Å²) >= 11 is 0. The van der Waals surface area contributed by atoms with Gasteiger partial charge in [-0.2, -0.15) is 0 Å². The predicted molar refractivity (Wildman–Crippen MR) is 69.8 cm³/mol. The first-order valence-electron chi connectivity index (χ1n) is 6.88. The molecule has 18 heavy (non-hydrogen) atoms. The molecule has 4 nitrogen and oxygen atoms in total. The number of ether oxygens (including phenoxy) is 2. The lowest BCUT2D eigenvalue weighted by Gasteiger charge is -2.17. The Balaban J connectivity index is 4.07. The summed E-state index contributed by atoms with van der Waals surface area (Å²) in [6, 6.07) is 0. The monoisotopic (exact) mass is 257 g/mol. The average molecular weight is 257 g/mol. The molecule has 0 bridgehead atoms. The zero-order valence-corrected chi connectivity index (χ0v) is 11.7. The maximum absolute atomic E-state index is 11.8. The van der Waals surface area contributed by atoms with Crippen LogP contribution in [0.3, 0.4) is 0 Å². The van der Waals surface area contributed by atoms with Crippen LogP contribution in [0.1, 0.15) is 65.7 Å². The summed E-state index contributed by atoms with van der Waals surface area (Å²) in [7, 11) is 0. The van der Waals surface area contributed by atoms with Crippen molar-refractivity contribution < 1.29 is 19.1 Å². The standard InChI is InChI=1S/C14H25O4/c1-4-6-8-10-13(17-11-15)14(16)18-12(3)9-7-5-2/h12-13H,4-10H2,1-3H3. The molecule has 0 aliphatic carbocycles. The molecule has 0 aliphatic rings. The van der Waals surface area contributed by atoms with Crippen molar-refractivity contribution in [1.82, 2.24) is 0 Å². The first-order valence-corrected chi connectivity index (χ1v) is 6.88. The average Bonchev–Trinajstić information content (AvgIpc) is 2.35. The van der Waals surface area contributed by atoms with E-state index in [1.54, 1.807) is 0 Å². The number of hydrogen-bond donors (Lipinski definition) is 0. The smallest absolute Gasteiger partial charge is 0.418 e. The lowest BCUT2D eigenvalue weighted by molar-refractivity contribution is -0.158. The van der Waals surface area contributed by atoms with E-state index in [9.17, 15) is 9.59 Å². The summed E-state index contributed by atoms with van der Waals surface area (Å²) in [6.07, 6.45) is 5.45. The van der Waals surface area contributed by atoms with Gasteiger partial charge < -0.3 is 9.47 Å². The van der Waals surface area contributed by atoms with Crippen molar-refractivity contribution in [3.63, 3.8) is 0 Å². The van der Waals surface area contributed by atoms with Gasteiger partial charge in [-0.05, 0) is 26.2 Å². The molecule has 0 aliphatic heterocycles. The van der Waals surface area contributed by atoms with E-state index in [-0.39, 0.29) is 6.10 Å². The molecule has 0 saturated heterocycles. The second-order valence-electron chi connectivity index (χ2n) is 4.58. The maximum atomic E-state index is 11.8. The molecular formula is C14H25O4. The molecule has 2 unspecified atom stereocenters. The van der Waals surface area contributed by atoms with E-state index in [0.29, 0.717) is 6.42 Å². The number of hydrogen-bond acceptors (Lipinski definition) is 4. The van der Waals surface area contributed by atoms with Crippen molar-refractivity contribution >= 4 is 12.4 Å². The van der Waals surface area contributed by atoms with Crippen molar-refractivity contribution in [2.24, 2.45) is 0 Å². The van der Waals surface area contributed by atoms with E-state index in [2.05, 4.69) is 18.6 Å². The van der Waals surface area contributed by atoms with Crippen molar-refractivity contribution in [1.29, 1.82) is 0 Å². The highest BCUT2D eigenvalue weighted by molar-refractivity contribution is 5.76. The molecule has 0 aromatic heterocycles. The third kappa shape index (κ3) is 8.09. The van der Waals surface area contributed by atoms with Crippen LogP contribution in [0.2, 0.25) is 0 Å². The summed E-state index contributed by atoms with van der Waals surface area (Å²) in [6.45, 7) is 7.37. The normalized spacial score (nSPS) is 13.7. The number of carbonyl (C=O) groups excluding carboxylic acids is 2. The molecule has 4 heteroatoms. The number of esters is 1. The van der Waals surface area contributed by atoms with Gasteiger partial charge in [-0.25, -0.2) is 9.59 Å². The van der Waals surface area contributed by atoms with Crippen LogP contribution in [-0.2, 0) is 19.1 Å². The molecule has 0 N–H and O–H groups in total. The summed E-state index contributed by atoms with van der Waals surface area (Å²) in [4.78, 5) is 22.0. The van der Waals surface area contributed by atoms with Crippen LogP contribution in [0.25, 0.3) is 0 Å². The van der Waals surface area contributed by atoms with Gasteiger partial charge in [0.15, 0.2) is 6.10 Å². The second-order valence-corrected chi connectivity index (χ2v) is 4.58. The van der Waals surface area contributed by atoms with E-state index >= 15 is 0 Å². The minimum absolute atomic E-state index is 0.124. The Labute approximate surface area is 110 Å². The lowest BCUT2D eigenvalue weighted by Crippen LogP contribution is -2.29. The van der Waals surface area contributed by atoms with Crippen molar-refractivity contribution in [2.75, 3.05) is 0 Å². The van der Waals surface area contributed by atoms with Crippen LogP contribution in [0.4, 0.5) is 0 Å². The Morgan fingerprint density at radius 3 is 2.33 bits per heavy atom. The molecule has 0 aromatic carbocycles. The van der Waals surface area contributed by atoms with Crippen molar-refractivity contribution in [3.05, 3.63) is 0 Å². The highest BCUT2D eigenvalue weighted by Gasteiger charge is 2.23. The largest absolute Gasteiger partial charge is 0.460 e. The van der Waals surface area contributed by atoms with Crippen LogP contribution in [0.15, 0.2) is 0 Å². The second kappa shape index (κ2) is 11.1. The van der Waals surface area contributed by atoms with Crippen LogP contribution < -0.4 is 0 Å². The van der Waals surface area contributed by atoms with Gasteiger partial charge in [0.25, 0.3) is 0 Å². The van der Waals surface area contributed by atoms with Gasteiger partial charge in [0.05, 0.1) is 6.10 Å². The Kier molecular flexibility index (Phi) is 10.4. The van der Waals surface area contributed by atoms with E-state index in [1.165, 1.54) is 6.47 Å². The fraction of sp³-hybridized carbons (Fsp3) is 0.857. The fourth-order valence-corrected chi connectivity index (χ4v) is 1.69. The molecule has 0 aromatic rings. The van der Waals surface area contributed by atoms with E-state index in [4.69, 9.17) is 4.74 Å². The summed E-state index contributed by atoms with van der Waals surface area (Å²) < 4.78 is 9.93. The van der Waals surface area contributed by atoms with Crippen LogP contribution in [-0.4, -0.2) is 24.6 Å². The van der Waals surface area contributed by atoms with Gasteiger partial charge in [0, 0.05) is 0 Å². The minimum Gasteiger partial charge on any atom is -0.460 e. The highest BCUT2D eigenvalue weighted by atomic mass is 16.6. The van der Waals surface area contributed by atoms with E-state index in [0.717, 1.165) is 38.5 Å². The predicted octanol–water partition coefficient (Wildman–Crippen LogP) is 3.14. The lowest BCUT2D eigenvalue weighted by atomic mass is 10.1. The molecule has 2 atom stereocenters. The van der Waals surface area contributed by atoms with Crippen LogP contribution in [0.5, 0.6) is 0 Å². The summed E-state index contributed by atoms with van der Waals surface area (Å²) in [5.74, 6) is -0.446. The molecule has 0 heterocycles. The topological polar surface area (TPSA) is 52.6 Å². The zero-order valence-electron chi connectivity index (χ0n) is 11.7. The molecule has 0 spiro atoms. The van der Waals surface area contributed by atoms with Gasteiger partial charge in [-0.3, -0.25) is 0 Å². The Bertz CT molecular complexity index is 228. The number of carbonyl (C=O) groups is 1. The molecular weight excluding hydrogens is 232 g/mol. The molecule has 0 fully saturated rings. The van der Waals surface area contributed by atoms with Gasteiger partial charge in [-0.1, -0.05) is 39.5 Å².